The van der Waals surface area contributed by atoms with Crippen LogP contribution in [0.2, 0.25) is 0 Å². The van der Waals surface area contributed by atoms with Gasteiger partial charge in [-0.2, -0.15) is 0 Å². The summed E-state index contributed by atoms with van der Waals surface area (Å²) in [5.41, 5.74) is 1.64. The monoisotopic (exact) mass is 234 g/mol. The first-order chi connectivity index (χ1) is 8.19. The van der Waals surface area contributed by atoms with Crippen LogP contribution in [-0.4, -0.2) is 28.9 Å². The summed E-state index contributed by atoms with van der Waals surface area (Å²) < 4.78 is 0. The molecule has 0 spiro atoms. The summed E-state index contributed by atoms with van der Waals surface area (Å²) in [6.45, 7) is 7.83. The van der Waals surface area contributed by atoms with E-state index >= 15 is 0 Å². The maximum Gasteiger partial charge on any atom is 0.255 e. The van der Waals surface area contributed by atoms with Gasteiger partial charge in [-0.25, -0.2) is 0 Å². The van der Waals surface area contributed by atoms with E-state index in [4.69, 9.17) is 0 Å². The molecular weight excluding hydrogens is 212 g/mol. The number of hydrogen-bond acceptors (Lipinski definition) is 2. The maximum atomic E-state index is 12.2. The predicted molar refractivity (Wildman–Crippen MR) is 70.1 cm³/mol. The lowest BCUT2D eigenvalue weighted by molar-refractivity contribution is 0.0753. The molecular formula is C14H22N2O. The number of unbranched alkanes of at least 4 members (excludes halogenated alkanes) is 1. The Bertz CT molecular complexity index is 346. The molecule has 0 saturated heterocycles. The number of rotatable bonds is 6. The van der Waals surface area contributed by atoms with E-state index < -0.39 is 0 Å². The van der Waals surface area contributed by atoms with E-state index in [1.807, 2.05) is 24.0 Å². The molecule has 0 aromatic carbocycles. The molecule has 94 valence electrons. The smallest absolute Gasteiger partial charge is 0.255 e. The van der Waals surface area contributed by atoms with Crippen LogP contribution in [0.1, 0.15) is 49.2 Å². The Morgan fingerprint density at radius 1 is 1.24 bits per heavy atom. The molecule has 1 heterocycles. The average Bonchev–Trinajstić information content (AvgIpc) is 2.34. The van der Waals surface area contributed by atoms with E-state index in [0.29, 0.717) is 5.56 Å². The minimum Gasteiger partial charge on any atom is -0.339 e. The van der Waals surface area contributed by atoms with Crippen LogP contribution in [0.25, 0.3) is 0 Å². The Labute approximate surface area is 104 Å². The predicted octanol–water partition coefficient (Wildman–Crippen LogP) is 3.04. The highest BCUT2D eigenvalue weighted by Gasteiger charge is 2.14. The van der Waals surface area contributed by atoms with Crippen molar-refractivity contribution < 1.29 is 4.79 Å². The standard InChI is InChI=1S/C14H22N2O/c1-4-6-10-16(9-5-2)14(17)13-8-7-12(3)15-11-13/h7-8,11H,4-6,9-10H2,1-3H3. The molecule has 0 atom stereocenters. The van der Waals surface area contributed by atoms with Gasteiger partial charge < -0.3 is 4.90 Å². The number of aryl methyl sites for hydroxylation is 1. The Balaban J connectivity index is 2.72. The van der Waals surface area contributed by atoms with Crippen LogP contribution < -0.4 is 0 Å². The van der Waals surface area contributed by atoms with Crippen molar-refractivity contribution in [3.05, 3.63) is 29.6 Å². The zero-order chi connectivity index (χ0) is 12.7. The summed E-state index contributed by atoms with van der Waals surface area (Å²) in [7, 11) is 0. The largest absolute Gasteiger partial charge is 0.339 e. The van der Waals surface area contributed by atoms with Crippen LogP contribution in [0.5, 0.6) is 0 Å². The summed E-state index contributed by atoms with van der Waals surface area (Å²) in [4.78, 5) is 18.3. The maximum absolute atomic E-state index is 12.2. The van der Waals surface area contributed by atoms with Crippen LogP contribution >= 0.6 is 0 Å². The topological polar surface area (TPSA) is 33.2 Å². The van der Waals surface area contributed by atoms with Crippen molar-refractivity contribution in [2.24, 2.45) is 0 Å². The fourth-order valence-electron chi connectivity index (χ4n) is 1.71. The molecule has 17 heavy (non-hydrogen) atoms. The third-order valence-corrected chi connectivity index (χ3v) is 2.72. The molecule has 1 aromatic rings. The second kappa shape index (κ2) is 7.05. The molecule has 3 nitrogen and oxygen atoms in total. The highest BCUT2D eigenvalue weighted by molar-refractivity contribution is 5.93. The Morgan fingerprint density at radius 3 is 2.53 bits per heavy atom. The molecule has 0 aliphatic carbocycles. The summed E-state index contributed by atoms with van der Waals surface area (Å²) in [6, 6.07) is 3.75. The Kier molecular flexibility index (Phi) is 5.67. The van der Waals surface area contributed by atoms with Crippen molar-refractivity contribution in [1.82, 2.24) is 9.88 Å². The van der Waals surface area contributed by atoms with Gasteiger partial charge in [0.25, 0.3) is 5.91 Å². The van der Waals surface area contributed by atoms with Crippen molar-refractivity contribution in [2.45, 2.75) is 40.0 Å². The Morgan fingerprint density at radius 2 is 2.00 bits per heavy atom. The fourth-order valence-corrected chi connectivity index (χ4v) is 1.71. The number of aromatic nitrogens is 1. The minimum absolute atomic E-state index is 0.104. The molecule has 0 unspecified atom stereocenters. The normalized spacial score (nSPS) is 10.3. The van der Waals surface area contributed by atoms with Gasteiger partial charge in [0.05, 0.1) is 5.56 Å². The lowest BCUT2D eigenvalue weighted by Crippen LogP contribution is -2.32. The van der Waals surface area contributed by atoms with E-state index in [2.05, 4.69) is 18.8 Å². The number of hydrogen-bond donors (Lipinski definition) is 0. The quantitative estimate of drug-likeness (QED) is 0.758. The molecule has 1 aromatic heterocycles. The van der Waals surface area contributed by atoms with Gasteiger partial charge in [-0.15, -0.1) is 0 Å². The fraction of sp³-hybridized carbons (Fsp3) is 0.571. The molecule has 0 radical (unpaired) electrons. The van der Waals surface area contributed by atoms with E-state index in [1.54, 1.807) is 6.20 Å². The highest BCUT2D eigenvalue weighted by Crippen LogP contribution is 2.07. The van der Waals surface area contributed by atoms with Gasteiger partial charge in [0.2, 0.25) is 0 Å². The van der Waals surface area contributed by atoms with Crippen LogP contribution in [0.4, 0.5) is 0 Å². The SMILES string of the molecule is CCCCN(CCC)C(=O)c1ccc(C)nc1. The molecule has 0 saturated carbocycles. The van der Waals surface area contributed by atoms with Gasteiger partial charge in [-0.05, 0) is 31.9 Å². The third-order valence-electron chi connectivity index (χ3n) is 2.72. The van der Waals surface area contributed by atoms with E-state index in [9.17, 15) is 4.79 Å². The second-order valence-corrected chi connectivity index (χ2v) is 4.33. The van der Waals surface area contributed by atoms with Gasteiger partial charge >= 0.3 is 0 Å². The summed E-state index contributed by atoms with van der Waals surface area (Å²) in [6.07, 6.45) is 4.84. The molecule has 1 rings (SSSR count). The number of carbonyl (C=O) groups is 1. The molecule has 0 bridgehead atoms. The molecule has 0 N–H and O–H groups in total. The van der Waals surface area contributed by atoms with Crippen LogP contribution in [0.3, 0.4) is 0 Å². The summed E-state index contributed by atoms with van der Waals surface area (Å²) in [5, 5.41) is 0. The number of nitrogens with zero attached hydrogens (tertiary/aromatic N) is 2. The zero-order valence-electron chi connectivity index (χ0n) is 11.1. The van der Waals surface area contributed by atoms with Crippen LogP contribution in [0, 0.1) is 6.92 Å². The first kappa shape index (κ1) is 13.7. The van der Waals surface area contributed by atoms with Crippen molar-refractivity contribution >= 4 is 5.91 Å². The number of pyridine rings is 1. The Hall–Kier alpha value is -1.38. The minimum atomic E-state index is 0.104. The van der Waals surface area contributed by atoms with E-state index in [-0.39, 0.29) is 5.91 Å². The number of amides is 1. The summed E-state index contributed by atoms with van der Waals surface area (Å²) in [5.74, 6) is 0.104. The van der Waals surface area contributed by atoms with E-state index in [0.717, 1.165) is 38.0 Å². The van der Waals surface area contributed by atoms with Gasteiger partial charge in [0, 0.05) is 25.0 Å². The van der Waals surface area contributed by atoms with Crippen LogP contribution in [-0.2, 0) is 0 Å². The molecule has 3 heteroatoms. The first-order valence-corrected chi connectivity index (χ1v) is 6.41. The molecule has 0 aliphatic rings. The van der Waals surface area contributed by atoms with Crippen LogP contribution in [0.15, 0.2) is 18.3 Å². The van der Waals surface area contributed by atoms with Crippen molar-refractivity contribution in [3.8, 4) is 0 Å². The van der Waals surface area contributed by atoms with Crippen molar-refractivity contribution in [3.63, 3.8) is 0 Å². The lowest BCUT2D eigenvalue weighted by atomic mass is 10.2. The van der Waals surface area contributed by atoms with E-state index in [1.165, 1.54) is 0 Å². The lowest BCUT2D eigenvalue weighted by Gasteiger charge is -2.21. The van der Waals surface area contributed by atoms with Gasteiger partial charge in [-0.1, -0.05) is 20.3 Å². The highest BCUT2D eigenvalue weighted by atomic mass is 16.2. The van der Waals surface area contributed by atoms with Gasteiger partial charge in [0.1, 0.15) is 0 Å². The van der Waals surface area contributed by atoms with Crippen molar-refractivity contribution in [2.75, 3.05) is 13.1 Å². The van der Waals surface area contributed by atoms with Gasteiger partial charge in [0.15, 0.2) is 0 Å². The summed E-state index contributed by atoms with van der Waals surface area (Å²) >= 11 is 0. The molecule has 0 fully saturated rings. The average molecular weight is 234 g/mol. The molecule has 0 aliphatic heterocycles. The zero-order valence-corrected chi connectivity index (χ0v) is 11.1. The van der Waals surface area contributed by atoms with Gasteiger partial charge in [-0.3, -0.25) is 9.78 Å². The molecule has 1 amide bonds. The number of carbonyl (C=O) groups excluding carboxylic acids is 1. The first-order valence-electron chi connectivity index (χ1n) is 6.41. The second-order valence-electron chi connectivity index (χ2n) is 4.33. The third kappa shape index (κ3) is 4.17. The van der Waals surface area contributed by atoms with Crippen molar-refractivity contribution in [1.29, 1.82) is 0 Å².